The van der Waals surface area contributed by atoms with E-state index in [1.165, 1.54) is 32.6 Å². The summed E-state index contributed by atoms with van der Waals surface area (Å²) in [5.41, 5.74) is 0.670. The van der Waals surface area contributed by atoms with Crippen molar-refractivity contribution >= 4 is 6.21 Å². The van der Waals surface area contributed by atoms with E-state index in [-0.39, 0.29) is 5.82 Å². The first kappa shape index (κ1) is 10.8. The van der Waals surface area contributed by atoms with E-state index in [0.717, 1.165) is 0 Å². The lowest BCUT2D eigenvalue weighted by Gasteiger charge is -2.06. The third-order valence-corrected chi connectivity index (χ3v) is 1.60. The number of methoxy groups -OCH3 is 2. The zero-order valence-corrected chi connectivity index (χ0v) is 8.11. The Kier molecular flexibility index (Phi) is 4.22. The van der Waals surface area contributed by atoms with Crippen molar-refractivity contribution in [3.05, 3.63) is 35.6 Å². The summed E-state index contributed by atoms with van der Waals surface area (Å²) in [6.07, 6.45) is 0.860. The van der Waals surface area contributed by atoms with E-state index in [1.54, 1.807) is 12.1 Å². The van der Waals surface area contributed by atoms with Gasteiger partial charge in [-0.1, -0.05) is 12.1 Å². The maximum atomic E-state index is 12.7. The second-order valence-electron chi connectivity index (χ2n) is 2.61. The molecule has 0 atom stereocenters. The molecule has 1 aromatic carbocycles. The molecule has 4 heteroatoms. The number of halogens is 1. The van der Waals surface area contributed by atoms with Crippen LogP contribution in [0.25, 0.3) is 0 Å². The van der Waals surface area contributed by atoms with Gasteiger partial charge < -0.3 is 9.47 Å². The molecule has 0 aliphatic carbocycles. The van der Waals surface area contributed by atoms with Crippen molar-refractivity contribution < 1.29 is 13.9 Å². The summed E-state index contributed by atoms with van der Waals surface area (Å²) in [7, 11) is 2.97. The number of rotatable bonds is 4. The molecule has 0 saturated heterocycles. The quantitative estimate of drug-likeness (QED) is 0.544. The Labute approximate surface area is 82.2 Å². The molecule has 0 saturated carbocycles. The van der Waals surface area contributed by atoms with Crippen LogP contribution in [0.3, 0.4) is 0 Å². The van der Waals surface area contributed by atoms with Crippen LogP contribution in [0.4, 0.5) is 4.39 Å². The van der Waals surface area contributed by atoms with Gasteiger partial charge in [0.1, 0.15) is 5.82 Å². The SMILES string of the molecule is COC(/N=C/c1cccc(F)c1)OC. The molecular weight excluding hydrogens is 185 g/mol. The van der Waals surface area contributed by atoms with Crippen LogP contribution in [0.5, 0.6) is 0 Å². The van der Waals surface area contributed by atoms with Crippen molar-refractivity contribution in [1.82, 2.24) is 0 Å². The highest BCUT2D eigenvalue weighted by Crippen LogP contribution is 2.01. The molecule has 0 spiro atoms. The maximum absolute atomic E-state index is 12.7. The first-order chi connectivity index (χ1) is 6.76. The molecule has 0 aliphatic rings. The summed E-state index contributed by atoms with van der Waals surface area (Å²) in [5, 5.41) is 0. The minimum Gasteiger partial charge on any atom is -0.337 e. The molecule has 0 aliphatic heterocycles. The molecular formula is C10H12FNO2. The number of hydrogen-bond acceptors (Lipinski definition) is 3. The zero-order chi connectivity index (χ0) is 10.4. The molecule has 0 amide bonds. The van der Waals surface area contributed by atoms with Gasteiger partial charge in [-0.2, -0.15) is 0 Å². The van der Waals surface area contributed by atoms with Gasteiger partial charge in [-0.3, -0.25) is 0 Å². The van der Waals surface area contributed by atoms with E-state index in [0.29, 0.717) is 5.56 Å². The highest BCUT2D eigenvalue weighted by atomic mass is 19.1. The van der Waals surface area contributed by atoms with Crippen LogP contribution in [-0.4, -0.2) is 26.8 Å². The molecule has 0 unspecified atom stereocenters. The Morgan fingerprint density at radius 1 is 1.36 bits per heavy atom. The average Bonchev–Trinajstić information content (AvgIpc) is 2.19. The molecule has 1 rings (SSSR count). The third-order valence-electron chi connectivity index (χ3n) is 1.60. The first-order valence-corrected chi connectivity index (χ1v) is 4.10. The molecule has 3 nitrogen and oxygen atoms in total. The van der Waals surface area contributed by atoms with Gasteiger partial charge >= 0.3 is 0 Å². The Bertz CT molecular complexity index is 311. The monoisotopic (exact) mass is 197 g/mol. The lowest BCUT2D eigenvalue weighted by atomic mass is 10.2. The fraction of sp³-hybridized carbons (Fsp3) is 0.300. The molecule has 1 aromatic rings. The smallest absolute Gasteiger partial charge is 0.257 e. The van der Waals surface area contributed by atoms with E-state index < -0.39 is 6.41 Å². The second kappa shape index (κ2) is 5.47. The normalized spacial score (nSPS) is 11.4. The molecule has 0 bridgehead atoms. The van der Waals surface area contributed by atoms with Crippen molar-refractivity contribution in [3.8, 4) is 0 Å². The summed E-state index contributed by atoms with van der Waals surface area (Å²) in [6, 6.07) is 6.12. The highest BCUT2D eigenvalue weighted by molar-refractivity contribution is 5.79. The predicted octanol–water partition coefficient (Wildman–Crippen LogP) is 1.82. The first-order valence-electron chi connectivity index (χ1n) is 4.10. The Morgan fingerprint density at radius 3 is 2.64 bits per heavy atom. The van der Waals surface area contributed by atoms with Crippen LogP contribution in [0, 0.1) is 5.82 Å². The fourth-order valence-electron chi connectivity index (χ4n) is 0.952. The van der Waals surface area contributed by atoms with Crippen LogP contribution < -0.4 is 0 Å². The van der Waals surface area contributed by atoms with Gasteiger partial charge in [-0.05, 0) is 17.7 Å². The molecule has 14 heavy (non-hydrogen) atoms. The van der Waals surface area contributed by atoms with Crippen LogP contribution in [0.1, 0.15) is 5.56 Å². The van der Waals surface area contributed by atoms with Crippen molar-refractivity contribution in [2.75, 3.05) is 14.2 Å². The standard InChI is InChI=1S/C10H12FNO2/c1-13-10(14-2)12-7-8-4-3-5-9(11)6-8/h3-7,10H,1-2H3/b12-7+. The highest BCUT2D eigenvalue weighted by Gasteiger charge is 1.98. The van der Waals surface area contributed by atoms with Gasteiger partial charge in [0.25, 0.3) is 6.41 Å². The predicted molar refractivity (Wildman–Crippen MR) is 51.8 cm³/mol. The Morgan fingerprint density at radius 2 is 2.07 bits per heavy atom. The number of nitrogens with zero attached hydrogens (tertiary/aromatic N) is 1. The van der Waals surface area contributed by atoms with Gasteiger partial charge in [-0.25, -0.2) is 9.38 Å². The zero-order valence-electron chi connectivity index (χ0n) is 8.11. The van der Waals surface area contributed by atoms with E-state index >= 15 is 0 Å². The number of benzene rings is 1. The van der Waals surface area contributed by atoms with Gasteiger partial charge in [0, 0.05) is 20.4 Å². The minimum atomic E-state index is -0.640. The second-order valence-corrected chi connectivity index (χ2v) is 2.61. The van der Waals surface area contributed by atoms with Gasteiger partial charge in [0.05, 0.1) is 0 Å². The third kappa shape index (κ3) is 3.24. The van der Waals surface area contributed by atoms with Crippen molar-refractivity contribution in [1.29, 1.82) is 0 Å². The minimum absolute atomic E-state index is 0.291. The molecule has 0 aromatic heterocycles. The summed E-state index contributed by atoms with van der Waals surface area (Å²) < 4.78 is 22.4. The number of ether oxygens (including phenoxy) is 2. The molecule has 0 radical (unpaired) electrons. The average molecular weight is 197 g/mol. The maximum Gasteiger partial charge on any atom is 0.257 e. The van der Waals surface area contributed by atoms with Crippen molar-refractivity contribution in [2.45, 2.75) is 6.41 Å². The summed E-state index contributed by atoms with van der Waals surface area (Å²) in [6.45, 7) is 0. The van der Waals surface area contributed by atoms with Crippen LogP contribution in [-0.2, 0) is 9.47 Å². The topological polar surface area (TPSA) is 30.8 Å². The molecule has 76 valence electrons. The van der Waals surface area contributed by atoms with E-state index in [9.17, 15) is 4.39 Å². The van der Waals surface area contributed by atoms with E-state index in [4.69, 9.17) is 9.47 Å². The largest absolute Gasteiger partial charge is 0.337 e. The molecule has 0 fully saturated rings. The van der Waals surface area contributed by atoms with Crippen LogP contribution in [0.2, 0.25) is 0 Å². The number of hydrogen-bond donors (Lipinski definition) is 0. The van der Waals surface area contributed by atoms with Crippen molar-refractivity contribution in [2.24, 2.45) is 4.99 Å². The van der Waals surface area contributed by atoms with Gasteiger partial charge in [0.2, 0.25) is 0 Å². The lowest BCUT2D eigenvalue weighted by Crippen LogP contribution is -2.09. The lowest BCUT2D eigenvalue weighted by molar-refractivity contribution is -0.0941. The molecule has 0 N–H and O–H groups in total. The summed E-state index contributed by atoms with van der Waals surface area (Å²) in [4.78, 5) is 3.94. The fourth-order valence-corrected chi connectivity index (χ4v) is 0.952. The van der Waals surface area contributed by atoms with Gasteiger partial charge in [-0.15, -0.1) is 0 Å². The van der Waals surface area contributed by atoms with Gasteiger partial charge in [0.15, 0.2) is 0 Å². The van der Waals surface area contributed by atoms with E-state index in [2.05, 4.69) is 4.99 Å². The molecule has 0 heterocycles. The number of aliphatic imine (C=N–C) groups is 1. The Balaban J connectivity index is 2.67. The Hall–Kier alpha value is -1.26. The van der Waals surface area contributed by atoms with Crippen LogP contribution >= 0.6 is 0 Å². The van der Waals surface area contributed by atoms with Crippen LogP contribution in [0.15, 0.2) is 29.3 Å². The van der Waals surface area contributed by atoms with Crippen molar-refractivity contribution in [3.63, 3.8) is 0 Å². The summed E-state index contributed by atoms with van der Waals surface area (Å²) >= 11 is 0. The van der Waals surface area contributed by atoms with E-state index in [1.807, 2.05) is 0 Å². The summed E-state index contributed by atoms with van der Waals surface area (Å²) in [5.74, 6) is -0.291.